The maximum atomic E-state index is 8.45. The molecule has 2 nitrogen and oxygen atoms in total. The molecule has 1 rings (SSSR count). The predicted molar refractivity (Wildman–Crippen MR) is 39.1 cm³/mol. The Bertz CT molecular complexity index is 146. The first kappa shape index (κ1) is 6.91. The number of nitriles is 1. The third-order valence-corrected chi connectivity index (χ3v) is 3.33. The monoisotopic (exact) mass is 142 g/mol. The number of hydrogen-bond acceptors (Lipinski definition) is 3. The highest BCUT2D eigenvalue weighted by Gasteiger charge is 2.47. The summed E-state index contributed by atoms with van der Waals surface area (Å²) in [6, 6.07) is 1.82. The lowest BCUT2D eigenvalue weighted by atomic mass is 10.2. The normalized spacial score (nSPS) is 24.6. The van der Waals surface area contributed by atoms with E-state index in [0.29, 0.717) is 0 Å². The second-order valence-electron chi connectivity index (χ2n) is 2.38. The van der Waals surface area contributed by atoms with Crippen LogP contribution in [-0.4, -0.2) is 17.0 Å². The van der Waals surface area contributed by atoms with Crippen molar-refractivity contribution < 1.29 is 0 Å². The van der Waals surface area contributed by atoms with Gasteiger partial charge in [-0.1, -0.05) is 0 Å². The first-order chi connectivity index (χ1) is 4.25. The first-order valence-electron chi connectivity index (χ1n) is 2.95. The van der Waals surface area contributed by atoms with Crippen molar-refractivity contribution in [1.82, 2.24) is 0 Å². The minimum atomic E-state index is -0.257. The predicted octanol–water partition coefficient (Wildman–Crippen LogP) is 0.733. The summed E-state index contributed by atoms with van der Waals surface area (Å²) >= 11 is 1.72. The molecule has 1 fully saturated rings. The van der Waals surface area contributed by atoms with Crippen molar-refractivity contribution in [2.24, 2.45) is 5.73 Å². The van der Waals surface area contributed by atoms with Crippen LogP contribution in [0.1, 0.15) is 12.8 Å². The van der Waals surface area contributed by atoms with Gasteiger partial charge >= 0.3 is 0 Å². The van der Waals surface area contributed by atoms with Crippen LogP contribution in [-0.2, 0) is 0 Å². The van der Waals surface area contributed by atoms with Crippen LogP contribution >= 0.6 is 11.8 Å². The summed E-state index contributed by atoms with van der Waals surface area (Å²) in [5.74, 6) is 0. The van der Waals surface area contributed by atoms with Gasteiger partial charge in [-0.15, -0.1) is 0 Å². The van der Waals surface area contributed by atoms with Gasteiger partial charge in [0.2, 0.25) is 0 Å². The summed E-state index contributed by atoms with van der Waals surface area (Å²) in [5, 5.41) is 8.45. The lowest BCUT2D eigenvalue weighted by Gasteiger charge is -2.12. The molecule has 2 N–H and O–H groups in total. The molecule has 0 amide bonds. The fourth-order valence-electron chi connectivity index (χ4n) is 0.883. The molecule has 0 aromatic heterocycles. The largest absolute Gasteiger partial charge is 0.315 e. The summed E-state index contributed by atoms with van der Waals surface area (Å²) in [5.41, 5.74) is 5.54. The molecule has 0 spiro atoms. The van der Waals surface area contributed by atoms with Gasteiger partial charge in [-0.05, 0) is 19.1 Å². The topological polar surface area (TPSA) is 49.8 Å². The Balaban J connectivity index is 2.51. The Morgan fingerprint density at radius 2 is 2.33 bits per heavy atom. The molecule has 1 aliphatic carbocycles. The Hall–Kier alpha value is -0.200. The number of nitrogens with two attached hydrogens (primary N) is 1. The van der Waals surface area contributed by atoms with E-state index in [4.69, 9.17) is 11.0 Å². The van der Waals surface area contributed by atoms with Crippen molar-refractivity contribution in [3.63, 3.8) is 0 Å². The number of rotatable bonds is 2. The van der Waals surface area contributed by atoms with E-state index in [0.717, 1.165) is 12.8 Å². The van der Waals surface area contributed by atoms with Gasteiger partial charge in [0.05, 0.1) is 6.07 Å². The van der Waals surface area contributed by atoms with Crippen LogP contribution < -0.4 is 5.73 Å². The van der Waals surface area contributed by atoms with Gasteiger partial charge < -0.3 is 5.73 Å². The molecular formula is C6H10N2S. The van der Waals surface area contributed by atoms with Gasteiger partial charge in [0.15, 0.2) is 0 Å². The molecule has 1 saturated carbocycles. The molecule has 0 heterocycles. The van der Waals surface area contributed by atoms with Crippen molar-refractivity contribution in [3.8, 4) is 6.07 Å². The minimum absolute atomic E-state index is 0.134. The molecule has 0 aromatic carbocycles. The van der Waals surface area contributed by atoms with E-state index in [2.05, 4.69) is 6.07 Å². The summed E-state index contributed by atoms with van der Waals surface area (Å²) in [6.45, 7) is 0. The molecular weight excluding hydrogens is 132 g/mol. The summed E-state index contributed by atoms with van der Waals surface area (Å²) < 4.78 is 0.134. The van der Waals surface area contributed by atoms with Gasteiger partial charge in [-0.3, -0.25) is 0 Å². The van der Waals surface area contributed by atoms with Crippen molar-refractivity contribution in [1.29, 1.82) is 5.26 Å². The summed E-state index contributed by atoms with van der Waals surface area (Å²) in [6.07, 6.45) is 4.25. The van der Waals surface area contributed by atoms with Crippen LogP contribution in [0.15, 0.2) is 0 Å². The number of thioether (sulfide) groups is 1. The third-order valence-electron chi connectivity index (χ3n) is 1.86. The highest BCUT2D eigenvalue weighted by molar-refractivity contribution is 8.00. The molecule has 3 heteroatoms. The third kappa shape index (κ3) is 1.05. The smallest absolute Gasteiger partial charge is 0.108 e. The van der Waals surface area contributed by atoms with Gasteiger partial charge in [-0.2, -0.15) is 17.0 Å². The zero-order valence-electron chi connectivity index (χ0n) is 5.42. The molecule has 1 unspecified atom stereocenters. The van der Waals surface area contributed by atoms with E-state index in [9.17, 15) is 0 Å². The summed E-state index contributed by atoms with van der Waals surface area (Å²) in [7, 11) is 0. The van der Waals surface area contributed by atoms with Gasteiger partial charge in [-0.25, -0.2) is 0 Å². The lowest BCUT2D eigenvalue weighted by molar-refractivity contribution is 0.769. The Morgan fingerprint density at radius 3 is 2.44 bits per heavy atom. The van der Waals surface area contributed by atoms with E-state index < -0.39 is 0 Å². The number of nitrogens with zero attached hydrogens (tertiary/aromatic N) is 1. The zero-order valence-corrected chi connectivity index (χ0v) is 6.24. The van der Waals surface area contributed by atoms with Crippen molar-refractivity contribution in [3.05, 3.63) is 0 Å². The van der Waals surface area contributed by atoms with Crippen LogP contribution in [0.25, 0.3) is 0 Å². The van der Waals surface area contributed by atoms with E-state index in [1.807, 2.05) is 6.26 Å². The Morgan fingerprint density at radius 1 is 1.78 bits per heavy atom. The van der Waals surface area contributed by atoms with Crippen LogP contribution in [0, 0.1) is 11.3 Å². The average molecular weight is 142 g/mol. The van der Waals surface area contributed by atoms with E-state index in [1.165, 1.54) is 0 Å². The minimum Gasteiger partial charge on any atom is -0.315 e. The van der Waals surface area contributed by atoms with Crippen LogP contribution in [0.3, 0.4) is 0 Å². The fourth-order valence-corrected chi connectivity index (χ4v) is 1.70. The fraction of sp³-hybridized carbons (Fsp3) is 0.833. The SMILES string of the molecule is CSC1(C(N)C#N)CC1. The second kappa shape index (κ2) is 2.20. The van der Waals surface area contributed by atoms with Gasteiger partial charge in [0.1, 0.15) is 6.04 Å². The Labute approximate surface area is 59.4 Å². The molecule has 1 atom stereocenters. The first-order valence-corrected chi connectivity index (χ1v) is 4.18. The molecule has 0 aromatic rings. The molecule has 0 radical (unpaired) electrons. The van der Waals surface area contributed by atoms with Gasteiger partial charge in [0.25, 0.3) is 0 Å². The van der Waals surface area contributed by atoms with Gasteiger partial charge in [0, 0.05) is 4.75 Å². The molecule has 0 saturated heterocycles. The van der Waals surface area contributed by atoms with E-state index >= 15 is 0 Å². The van der Waals surface area contributed by atoms with Crippen molar-refractivity contribution in [2.45, 2.75) is 23.6 Å². The molecule has 0 aliphatic heterocycles. The van der Waals surface area contributed by atoms with Crippen LogP contribution in [0.4, 0.5) is 0 Å². The van der Waals surface area contributed by atoms with Crippen molar-refractivity contribution in [2.75, 3.05) is 6.26 Å². The summed E-state index contributed by atoms with van der Waals surface area (Å²) in [4.78, 5) is 0. The maximum Gasteiger partial charge on any atom is 0.108 e. The molecule has 1 aliphatic rings. The second-order valence-corrected chi connectivity index (χ2v) is 3.60. The van der Waals surface area contributed by atoms with Crippen LogP contribution in [0.5, 0.6) is 0 Å². The highest BCUT2D eigenvalue weighted by atomic mass is 32.2. The van der Waals surface area contributed by atoms with E-state index in [1.54, 1.807) is 11.8 Å². The van der Waals surface area contributed by atoms with E-state index in [-0.39, 0.29) is 10.8 Å². The maximum absolute atomic E-state index is 8.45. The quantitative estimate of drug-likeness (QED) is 0.618. The molecule has 9 heavy (non-hydrogen) atoms. The molecule has 50 valence electrons. The number of hydrogen-bond donors (Lipinski definition) is 1. The lowest BCUT2D eigenvalue weighted by Crippen LogP contribution is -2.32. The highest BCUT2D eigenvalue weighted by Crippen LogP contribution is 2.48. The molecule has 0 bridgehead atoms. The standard InChI is InChI=1S/C6H10N2S/c1-9-6(2-3-6)5(8)4-7/h5H,2-3,8H2,1H3. The van der Waals surface area contributed by atoms with Crippen molar-refractivity contribution >= 4 is 11.8 Å². The van der Waals surface area contributed by atoms with Crippen LogP contribution in [0.2, 0.25) is 0 Å². The Kier molecular flexibility index (Phi) is 1.69. The zero-order chi connectivity index (χ0) is 6.91. The average Bonchev–Trinajstić information content (AvgIpc) is 2.66.